The Kier molecular flexibility index (Phi) is 6.48. The average Bonchev–Trinajstić information content (AvgIpc) is 2.37. The van der Waals surface area contributed by atoms with Crippen molar-refractivity contribution in [3.8, 4) is 5.75 Å². The number of carboxylic acid groups (broad SMARTS) is 1. The van der Waals surface area contributed by atoms with E-state index in [1.807, 2.05) is 6.92 Å². The number of ether oxygens (including phenoxy) is 1. The van der Waals surface area contributed by atoms with Crippen LogP contribution in [0.25, 0.3) is 0 Å². The van der Waals surface area contributed by atoms with Crippen molar-refractivity contribution >= 4 is 5.97 Å². The molecule has 1 aromatic rings. The van der Waals surface area contributed by atoms with Crippen LogP contribution in [0.3, 0.4) is 0 Å². The van der Waals surface area contributed by atoms with Crippen LogP contribution in [0.1, 0.15) is 23.7 Å². The third kappa shape index (κ3) is 6.99. The van der Waals surface area contributed by atoms with E-state index in [4.69, 9.17) is 9.84 Å². The van der Waals surface area contributed by atoms with Gasteiger partial charge in [-0.25, -0.2) is 4.79 Å². The SMILES string of the molecule is CCCN(CCOc1ccc(C(=O)O)cc1)CC(F)(F)F. The molecule has 0 heterocycles. The molecule has 0 bridgehead atoms. The van der Waals surface area contributed by atoms with E-state index in [1.54, 1.807) is 0 Å². The zero-order valence-corrected chi connectivity index (χ0v) is 11.7. The Hall–Kier alpha value is -1.76. The number of aromatic carboxylic acids is 1. The van der Waals surface area contributed by atoms with Crippen molar-refractivity contribution in [2.45, 2.75) is 19.5 Å². The van der Waals surface area contributed by atoms with Gasteiger partial charge < -0.3 is 9.84 Å². The maximum Gasteiger partial charge on any atom is 0.401 e. The topological polar surface area (TPSA) is 49.8 Å². The van der Waals surface area contributed by atoms with Gasteiger partial charge in [-0.1, -0.05) is 6.92 Å². The highest BCUT2D eigenvalue weighted by Gasteiger charge is 2.30. The Labute approximate surface area is 121 Å². The van der Waals surface area contributed by atoms with Gasteiger partial charge in [-0.3, -0.25) is 4.90 Å². The Balaban J connectivity index is 2.44. The first kappa shape index (κ1) is 17.3. The van der Waals surface area contributed by atoms with Crippen LogP contribution >= 0.6 is 0 Å². The van der Waals surface area contributed by atoms with Crippen molar-refractivity contribution in [1.29, 1.82) is 0 Å². The van der Waals surface area contributed by atoms with Crippen molar-refractivity contribution in [2.75, 3.05) is 26.2 Å². The summed E-state index contributed by atoms with van der Waals surface area (Å²) in [4.78, 5) is 11.9. The second-order valence-corrected chi connectivity index (χ2v) is 4.57. The summed E-state index contributed by atoms with van der Waals surface area (Å²) in [5.74, 6) is -0.607. The number of alkyl halides is 3. The molecule has 0 spiro atoms. The van der Waals surface area contributed by atoms with Gasteiger partial charge in [0, 0.05) is 6.54 Å². The minimum Gasteiger partial charge on any atom is -0.492 e. The summed E-state index contributed by atoms with van der Waals surface area (Å²) >= 11 is 0. The molecule has 0 saturated carbocycles. The van der Waals surface area contributed by atoms with Crippen molar-refractivity contribution in [3.63, 3.8) is 0 Å². The highest BCUT2D eigenvalue weighted by molar-refractivity contribution is 5.87. The number of benzene rings is 1. The van der Waals surface area contributed by atoms with E-state index in [0.717, 1.165) is 0 Å². The van der Waals surface area contributed by atoms with E-state index < -0.39 is 18.7 Å². The molecule has 0 aliphatic carbocycles. The molecule has 4 nitrogen and oxygen atoms in total. The zero-order chi connectivity index (χ0) is 15.9. The summed E-state index contributed by atoms with van der Waals surface area (Å²) in [6, 6.07) is 5.74. The lowest BCUT2D eigenvalue weighted by molar-refractivity contribution is -0.146. The van der Waals surface area contributed by atoms with Crippen LogP contribution in [0.5, 0.6) is 5.75 Å². The molecule has 0 aromatic heterocycles. The van der Waals surface area contributed by atoms with Crippen LogP contribution in [0.2, 0.25) is 0 Å². The maximum absolute atomic E-state index is 12.4. The van der Waals surface area contributed by atoms with E-state index in [2.05, 4.69) is 0 Å². The molecule has 1 aromatic carbocycles. The molecule has 0 atom stereocenters. The van der Waals surface area contributed by atoms with Gasteiger partial charge in [-0.15, -0.1) is 0 Å². The molecular formula is C14H18F3NO3. The summed E-state index contributed by atoms with van der Waals surface area (Å²) in [6.07, 6.45) is -3.60. The van der Waals surface area contributed by atoms with Crippen LogP contribution in [0.15, 0.2) is 24.3 Å². The summed E-state index contributed by atoms with van der Waals surface area (Å²) in [6.45, 7) is 1.48. The van der Waals surface area contributed by atoms with E-state index in [-0.39, 0.29) is 18.7 Å². The number of hydrogen-bond acceptors (Lipinski definition) is 3. The second kappa shape index (κ2) is 7.87. The van der Waals surface area contributed by atoms with Gasteiger partial charge in [0.25, 0.3) is 0 Å². The average molecular weight is 305 g/mol. The molecule has 0 unspecified atom stereocenters. The first-order valence-corrected chi connectivity index (χ1v) is 6.57. The first-order valence-electron chi connectivity index (χ1n) is 6.57. The van der Waals surface area contributed by atoms with Gasteiger partial charge in [-0.05, 0) is 37.2 Å². The van der Waals surface area contributed by atoms with Crippen molar-refractivity contribution in [1.82, 2.24) is 4.90 Å². The predicted octanol–water partition coefficient (Wildman–Crippen LogP) is 3.04. The lowest BCUT2D eigenvalue weighted by Gasteiger charge is -2.22. The number of rotatable bonds is 8. The van der Waals surface area contributed by atoms with Crippen LogP contribution in [-0.4, -0.2) is 48.4 Å². The highest BCUT2D eigenvalue weighted by Crippen LogP contribution is 2.17. The Morgan fingerprint density at radius 3 is 2.33 bits per heavy atom. The fourth-order valence-corrected chi connectivity index (χ4v) is 1.83. The number of hydrogen-bond donors (Lipinski definition) is 1. The Morgan fingerprint density at radius 1 is 1.24 bits per heavy atom. The number of carbonyl (C=O) groups is 1. The maximum atomic E-state index is 12.4. The standard InChI is InChI=1S/C14H18F3NO3/c1-2-7-18(10-14(15,16)17)8-9-21-12-5-3-11(4-6-12)13(19)20/h3-6H,2,7-10H2,1H3,(H,19,20). The molecule has 118 valence electrons. The number of nitrogens with zero attached hydrogens (tertiary/aromatic N) is 1. The molecule has 21 heavy (non-hydrogen) atoms. The molecule has 0 aliphatic heterocycles. The Morgan fingerprint density at radius 2 is 1.86 bits per heavy atom. The van der Waals surface area contributed by atoms with Crippen molar-refractivity contribution in [2.24, 2.45) is 0 Å². The minimum absolute atomic E-state index is 0.114. The molecule has 0 fully saturated rings. The molecular weight excluding hydrogens is 287 g/mol. The van der Waals surface area contributed by atoms with Gasteiger partial charge in [0.05, 0.1) is 12.1 Å². The molecule has 1 N–H and O–H groups in total. The second-order valence-electron chi connectivity index (χ2n) is 4.57. The van der Waals surface area contributed by atoms with E-state index in [9.17, 15) is 18.0 Å². The van der Waals surface area contributed by atoms with E-state index in [1.165, 1.54) is 29.2 Å². The fourth-order valence-electron chi connectivity index (χ4n) is 1.83. The van der Waals surface area contributed by atoms with Gasteiger partial charge in [0.1, 0.15) is 12.4 Å². The van der Waals surface area contributed by atoms with Crippen LogP contribution in [-0.2, 0) is 0 Å². The monoisotopic (exact) mass is 305 g/mol. The zero-order valence-electron chi connectivity index (χ0n) is 11.7. The predicted molar refractivity (Wildman–Crippen MR) is 71.7 cm³/mol. The normalized spacial score (nSPS) is 11.7. The van der Waals surface area contributed by atoms with Crippen LogP contribution < -0.4 is 4.74 Å². The molecule has 1 rings (SSSR count). The summed E-state index contributed by atoms with van der Waals surface area (Å²) in [7, 11) is 0. The summed E-state index contributed by atoms with van der Waals surface area (Å²) < 4.78 is 42.4. The minimum atomic E-state index is -4.22. The smallest absolute Gasteiger partial charge is 0.401 e. The molecule has 7 heteroatoms. The van der Waals surface area contributed by atoms with Crippen molar-refractivity contribution in [3.05, 3.63) is 29.8 Å². The lowest BCUT2D eigenvalue weighted by atomic mass is 10.2. The van der Waals surface area contributed by atoms with Crippen LogP contribution in [0.4, 0.5) is 13.2 Å². The fraction of sp³-hybridized carbons (Fsp3) is 0.500. The molecule has 0 amide bonds. The lowest BCUT2D eigenvalue weighted by Crippen LogP contribution is -2.37. The van der Waals surface area contributed by atoms with Gasteiger partial charge in [0.15, 0.2) is 0 Å². The third-order valence-electron chi connectivity index (χ3n) is 2.72. The summed E-state index contributed by atoms with van der Waals surface area (Å²) in [5.41, 5.74) is 0.132. The quantitative estimate of drug-likeness (QED) is 0.802. The number of carboxylic acids is 1. The Bertz CT molecular complexity index is 446. The third-order valence-corrected chi connectivity index (χ3v) is 2.72. The van der Waals surface area contributed by atoms with E-state index in [0.29, 0.717) is 18.7 Å². The van der Waals surface area contributed by atoms with Gasteiger partial charge in [0.2, 0.25) is 0 Å². The highest BCUT2D eigenvalue weighted by atomic mass is 19.4. The van der Waals surface area contributed by atoms with Crippen LogP contribution in [0, 0.1) is 0 Å². The van der Waals surface area contributed by atoms with E-state index >= 15 is 0 Å². The molecule has 0 radical (unpaired) electrons. The molecule has 0 aliphatic rings. The van der Waals surface area contributed by atoms with Crippen molar-refractivity contribution < 1.29 is 27.8 Å². The largest absolute Gasteiger partial charge is 0.492 e. The summed E-state index contributed by atoms with van der Waals surface area (Å²) in [5, 5.41) is 8.74. The molecule has 0 saturated heterocycles. The number of halogens is 3. The first-order chi connectivity index (χ1) is 9.81. The van der Waals surface area contributed by atoms with Gasteiger partial charge in [-0.2, -0.15) is 13.2 Å². The van der Waals surface area contributed by atoms with Gasteiger partial charge >= 0.3 is 12.1 Å².